The van der Waals surface area contributed by atoms with Gasteiger partial charge in [0.2, 0.25) is 5.91 Å². The first-order chi connectivity index (χ1) is 15.5. The number of halogens is 3. The van der Waals surface area contributed by atoms with Crippen molar-refractivity contribution in [3.05, 3.63) is 46.6 Å². The van der Waals surface area contributed by atoms with E-state index in [1.807, 2.05) is 12.3 Å². The van der Waals surface area contributed by atoms with Crippen molar-refractivity contribution in [1.82, 2.24) is 30.4 Å². The second-order valence-corrected chi connectivity index (χ2v) is 9.41. The first kappa shape index (κ1) is 25.5. The Morgan fingerprint density at radius 1 is 1.36 bits per heavy atom. The molecule has 1 aliphatic heterocycles. The Balaban J connectivity index is 0.00000306. The van der Waals surface area contributed by atoms with Gasteiger partial charge >= 0.3 is 0 Å². The van der Waals surface area contributed by atoms with Crippen LogP contribution in [0.4, 0.5) is 8.78 Å². The van der Waals surface area contributed by atoms with Crippen molar-refractivity contribution in [3.63, 3.8) is 0 Å². The topological polar surface area (TPSA) is 96.0 Å². The fraction of sp³-hybridized carbons (Fsp3) is 0.400. The zero-order valence-corrected chi connectivity index (χ0v) is 20.2. The number of hydrogen-bond donors (Lipinski definition) is 2. The summed E-state index contributed by atoms with van der Waals surface area (Å²) in [4.78, 5) is 21.8. The number of rotatable bonds is 8. The third kappa shape index (κ3) is 7.18. The number of nitrogens with zero attached hydrogens (tertiary/aromatic N) is 4. The summed E-state index contributed by atoms with van der Waals surface area (Å²) >= 11 is 2.81. The second kappa shape index (κ2) is 11.8. The summed E-state index contributed by atoms with van der Waals surface area (Å²) in [6.45, 7) is 4.50. The van der Waals surface area contributed by atoms with Crippen LogP contribution in [0.25, 0.3) is 11.5 Å². The molecule has 1 aromatic carbocycles. The van der Waals surface area contributed by atoms with E-state index < -0.39 is 11.6 Å². The standard InChI is InChI=1S/C20H22F2N6O2S2.ClH/c1-12-24-19(27-26-12)17-10-31-20(25-17)32-11-18(29)23-7-14-9-28(4-5-30-14)8-13-2-3-15(21)16(22)6-13;/h2-3,6,10,14H,4-5,7-9,11H2,1H3,(H,23,29)(H,24,26,27);1H/t14-;/m0./s1. The molecule has 178 valence electrons. The quantitative estimate of drug-likeness (QED) is 0.444. The number of ether oxygens (including phenoxy) is 1. The van der Waals surface area contributed by atoms with Crippen LogP contribution >= 0.6 is 35.5 Å². The van der Waals surface area contributed by atoms with Gasteiger partial charge in [0, 0.05) is 31.6 Å². The number of hydrogen-bond acceptors (Lipinski definition) is 8. The van der Waals surface area contributed by atoms with Crippen molar-refractivity contribution < 1.29 is 18.3 Å². The zero-order chi connectivity index (χ0) is 22.5. The predicted octanol–water partition coefficient (Wildman–Crippen LogP) is 3.05. The van der Waals surface area contributed by atoms with Crippen LogP contribution in [-0.4, -0.2) is 69.1 Å². The Kier molecular flexibility index (Phi) is 9.15. The highest BCUT2D eigenvalue weighted by Crippen LogP contribution is 2.26. The average Bonchev–Trinajstić information content (AvgIpc) is 3.42. The number of carbonyl (C=O) groups is 1. The van der Waals surface area contributed by atoms with E-state index >= 15 is 0 Å². The molecule has 33 heavy (non-hydrogen) atoms. The molecule has 0 saturated carbocycles. The number of nitrogens with one attached hydrogen (secondary N) is 2. The number of aromatic amines is 1. The molecule has 8 nitrogen and oxygen atoms in total. The maximum absolute atomic E-state index is 13.4. The number of thiazole rings is 1. The van der Waals surface area contributed by atoms with Gasteiger partial charge in [0.05, 0.1) is 18.5 Å². The molecule has 0 bridgehead atoms. The number of morpholine rings is 1. The number of amides is 1. The van der Waals surface area contributed by atoms with Crippen LogP contribution in [0.1, 0.15) is 11.4 Å². The Morgan fingerprint density at radius 3 is 2.97 bits per heavy atom. The molecule has 1 saturated heterocycles. The highest BCUT2D eigenvalue weighted by atomic mass is 35.5. The molecular formula is C20H23ClF2N6O2S2. The first-order valence-electron chi connectivity index (χ1n) is 9.99. The van der Waals surface area contributed by atoms with Crippen molar-refractivity contribution >= 4 is 41.4 Å². The van der Waals surface area contributed by atoms with E-state index in [2.05, 4.69) is 30.4 Å². The van der Waals surface area contributed by atoms with Crippen molar-refractivity contribution in [2.24, 2.45) is 0 Å². The number of carbonyl (C=O) groups excluding carboxylic acids is 1. The largest absolute Gasteiger partial charge is 0.374 e. The van der Waals surface area contributed by atoms with Crippen molar-refractivity contribution in [2.75, 3.05) is 32.0 Å². The maximum Gasteiger partial charge on any atom is 0.230 e. The van der Waals surface area contributed by atoms with E-state index in [-0.39, 0.29) is 30.2 Å². The molecule has 2 N–H and O–H groups in total. The van der Waals surface area contributed by atoms with E-state index in [0.29, 0.717) is 49.9 Å². The molecule has 1 amide bonds. The van der Waals surface area contributed by atoms with E-state index in [1.165, 1.54) is 29.2 Å². The number of thioether (sulfide) groups is 1. The van der Waals surface area contributed by atoms with Gasteiger partial charge < -0.3 is 15.0 Å². The molecule has 0 spiro atoms. The summed E-state index contributed by atoms with van der Waals surface area (Å²) in [5, 5.41) is 12.7. The highest BCUT2D eigenvalue weighted by Gasteiger charge is 2.21. The normalized spacial score (nSPS) is 16.4. The summed E-state index contributed by atoms with van der Waals surface area (Å²) in [6.07, 6.45) is -0.163. The molecule has 0 unspecified atom stereocenters. The number of benzene rings is 1. The summed E-state index contributed by atoms with van der Waals surface area (Å²) in [5.74, 6) is -0.235. The molecule has 13 heteroatoms. The lowest BCUT2D eigenvalue weighted by atomic mass is 10.1. The summed E-state index contributed by atoms with van der Waals surface area (Å²) in [5.41, 5.74) is 1.41. The van der Waals surface area contributed by atoms with Crippen LogP contribution in [0.3, 0.4) is 0 Å². The van der Waals surface area contributed by atoms with Gasteiger partial charge in [-0.05, 0) is 24.6 Å². The van der Waals surface area contributed by atoms with Crippen LogP contribution in [0.15, 0.2) is 27.9 Å². The fourth-order valence-corrected chi connectivity index (χ4v) is 4.88. The van der Waals surface area contributed by atoms with E-state index in [9.17, 15) is 13.6 Å². The molecule has 1 aliphatic rings. The van der Waals surface area contributed by atoms with E-state index in [1.54, 1.807) is 6.07 Å². The monoisotopic (exact) mass is 516 g/mol. The van der Waals surface area contributed by atoms with Gasteiger partial charge in [0.15, 0.2) is 21.8 Å². The van der Waals surface area contributed by atoms with E-state index in [0.717, 1.165) is 16.2 Å². The Morgan fingerprint density at radius 2 is 2.21 bits per heavy atom. The SMILES string of the molecule is Cc1nnc(-c2csc(SCC(=O)NC[C@H]3CN(Cc4ccc(F)c(F)c4)CCO3)n2)[nH]1.Cl. The number of aromatic nitrogens is 4. The van der Waals surface area contributed by atoms with Gasteiger partial charge in [-0.15, -0.1) is 33.9 Å². The number of aryl methyl sites for hydroxylation is 1. The molecule has 2 aromatic heterocycles. The minimum Gasteiger partial charge on any atom is -0.374 e. The van der Waals surface area contributed by atoms with Crippen LogP contribution < -0.4 is 5.32 Å². The third-order valence-corrected chi connectivity index (χ3v) is 6.81. The first-order valence-corrected chi connectivity index (χ1v) is 11.9. The van der Waals surface area contributed by atoms with Gasteiger partial charge in [0.1, 0.15) is 11.5 Å². The molecule has 0 radical (unpaired) electrons. The minimum absolute atomic E-state index is 0. The summed E-state index contributed by atoms with van der Waals surface area (Å²) in [7, 11) is 0. The smallest absolute Gasteiger partial charge is 0.230 e. The van der Waals surface area contributed by atoms with Crippen molar-refractivity contribution in [2.45, 2.75) is 23.9 Å². The lowest BCUT2D eigenvalue weighted by Crippen LogP contribution is -2.47. The Hall–Kier alpha value is -2.12. The molecule has 1 atom stereocenters. The number of H-pyrrole nitrogens is 1. The maximum atomic E-state index is 13.4. The lowest BCUT2D eigenvalue weighted by Gasteiger charge is -2.33. The van der Waals surface area contributed by atoms with Crippen molar-refractivity contribution in [1.29, 1.82) is 0 Å². The van der Waals surface area contributed by atoms with Crippen LogP contribution in [0.5, 0.6) is 0 Å². The predicted molar refractivity (Wildman–Crippen MR) is 125 cm³/mol. The van der Waals surface area contributed by atoms with Gasteiger partial charge in [-0.1, -0.05) is 17.8 Å². The summed E-state index contributed by atoms with van der Waals surface area (Å²) in [6, 6.07) is 3.93. The fourth-order valence-electron chi connectivity index (χ4n) is 3.24. The van der Waals surface area contributed by atoms with Crippen molar-refractivity contribution in [3.8, 4) is 11.5 Å². The molecule has 0 aliphatic carbocycles. The lowest BCUT2D eigenvalue weighted by molar-refractivity contribution is -0.119. The van der Waals surface area contributed by atoms with Gasteiger partial charge in [-0.25, -0.2) is 13.8 Å². The Labute approximate surface area is 203 Å². The molecular weight excluding hydrogens is 494 g/mol. The van der Waals surface area contributed by atoms with Crippen LogP contribution in [0, 0.1) is 18.6 Å². The van der Waals surface area contributed by atoms with E-state index in [4.69, 9.17) is 4.74 Å². The average molecular weight is 517 g/mol. The zero-order valence-electron chi connectivity index (χ0n) is 17.7. The molecule has 3 heterocycles. The molecule has 1 fully saturated rings. The minimum atomic E-state index is -0.851. The second-order valence-electron chi connectivity index (χ2n) is 7.33. The van der Waals surface area contributed by atoms with Gasteiger partial charge in [-0.2, -0.15) is 0 Å². The van der Waals surface area contributed by atoms with Crippen LogP contribution in [0.2, 0.25) is 0 Å². The summed E-state index contributed by atoms with van der Waals surface area (Å²) < 4.78 is 33.0. The highest BCUT2D eigenvalue weighted by molar-refractivity contribution is 8.01. The third-order valence-electron chi connectivity index (χ3n) is 4.79. The molecule has 3 aromatic rings. The van der Waals surface area contributed by atoms with Gasteiger partial charge in [-0.3, -0.25) is 9.69 Å². The van der Waals surface area contributed by atoms with Gasteiger partial charge in [0.25, 0.3) is 0 Å². The van der Waals surface area contributed by atoms with Crippen LogP contribution in [-0.2, 0) is 16.1 Å². The molecule has 4 rings (SSSR count). The Bertz CT molecular complexity index is 1080.